The third-order valence-corrected chi connectivity index (χ3v) is 4.35. The quantitative estimate of drug-likeness (QED) is 0.482. The van der Waals surface area contributed by atoms with Crippen molar-refractivity contribution in [3.63, 3.8) is 0 Å². The second-order valence-corrected chi connectivity index (χ2v) is 6.63. The maximum Gasteiger partial charge on any atom is 0.337 e. The summed E-state index contributed by atoms with van der Waals surface area (Å²) >= 11 is 4.57. The zero-order valence-corrected chi connectivity index (χ0v) is 15.9. The number of nitrogens with zero attached hydrogens (tertiary/aromatic N) is 2. The average molecular weight is 384 g/mol. The molecular formula is C20H20N2O4S. The van der Waals surface area contributed by atoms with Gasteiger partial charge in [-0.25, -0.2) is 4.79 Å². The van der Waals surface area contributed by atoms with Gasteiger partial charge in [0.1, 0.15) is 5.75 Å². The van der Waals surface area contributed by atoms with Gasteiger partial charge < -0.3 is 13.9 Å². The number of benzene rings is 2. The molecule has 7 heteroatoms. The molecule has 140 valence electrons. The van der Waals surface area contributed by atoms with Crippen LogP contribution < -0.4 is 4.74 Å². The zero-order valence-electron chi connectivity index (χ0n) is 15.0. The van der Waals surface area contributed by atoms with Gasteiger partial charge in [0.15, 0.2) is 0 Å². The Labute approximate surface area is 162 Å². The molecule has 0 saturated heterocycles. The molecule has 0 aliphatic heterocycles. The second-order valence-electron chi connectivity index (χ2n) is 6.01. The molecule has 6 nitrogen and oxygen atoms in total. The molecule has 0 amide bonds. The van der Waals surface area contributed by atoms with Crippen molar-refractivity contribution in [3.8, 4) is 17.2 Å². The van der Waals surface area contributed by atoms with E-state index >= 15 is 0 Å². The zero-order chi connectivity index (χ0) is 19.2. The second kappa shape index (κ2) is 8.73. The van der Waals surface area contributed by atoms with Crippen LogP contribution in [0.5, 0.6) is 5.75 Å². The summed E-state index contributed by atoms with van der Waals surface area (Å²) in [4.78, 5) is 11.5. The number of para-hydroxylation sites is 1. The van der Waals surface area contributed by atoms with Crippen molar-refractivity contribution in [2.75, 3.05) is 7.11 Å². The van der Waals surface area contributed by atoms with Gasteiger partial charge in [-0.3, -0.25) is 0 Å². The fourth-order valence-corrected chi connectivity index (χ4v) is 2.95. The minimum absolute atomic E-state index is 0.0652. The Balaban J connectivity index is 1.63. The van der Waals surface area contributed by atoms with Crippen molar-refractivity contribution in [2.45, 2.75) is 24.7 Å². The van der Waals surface area contributed by atoms with E-state index in [4.69, 9.17) is 9.15 Å². The number of methoxy groups -OCH3 is 1. The molecule has 0 fully saturated rings. The van der Waals surface area contributed by atoms with Crippen LogP contribution in [0.15, 0.2) is 59.0 Å². The van der Waals surface area contributed by atoms with E-state index in [0.717, 1.165) is 11.3 Å². The highest BCUT2D eigenvalue weighted by Crippen LogP contribution is 2.28. The molecule has 2 aromatic carbocycles. The lowest BCUT2D eigenvalue weighted by Crippen LogP contribution is -2.14. The van der Waals surface area contributed by atoms with Crippen molar-refractivity contribution < 1.29 is 18.7 Å². The Morgan fingerprint density at radius 3 is 2.48 bits per heavy atom. The molecule has 0 radical (unpaired) electrons. The summed E-state index contributed by atoms with van der Waals surface area (Å²) in [7, 11) is 1.34. The van der Waals surface area contributed by atoms with E-state index in [0.29, 0.717) is 23.8 Å². The van der Waals surface area contributed by atoms with Gasteiger partial charge in [0.2, 0.25) is 11.8 Å². The number of aromatic nitrogens is 2. The van der Waals surface area contributed by atoms with Crippen LogP contribution in [-0.4, -0.2) is 29.4 Å². The SMILES string of the molecule is COC(=O)c1ccc(-c2nnc(C(S)CC(C)Oc3ccccc3)o2)cc1. The molecule has 2 unspecified atom stereocenters. The van der Waals surface area contributed by atoms with Crippen LogP contribution in [0.1, 0.15) is 34.8 Å². The molecular weight excluding hydrogens is 364 g/mol. The van der Waals surface area contributed by atoms with E-state index < -0.39 is 5.97 Å². The minimum atomic E-state index is -0.393. The first kappa shape index (κ1) is 19.0. The van der Waals surface area contributed by atoms with Crippen LogP contribution in [0.3, 0.4) is 0 Å². The maximum atomic E-state index is 11.5. The van der Waals surface area contributed by atoms with E-state index in [2.05, 4.69) is 27.6 Å². The van der Waals surface area contributed by atoms with Crippen molar-refractivity contribution in [2.24, 2.45) is 0 Å². The van der Waals surface area contributed by atoms with E-state index in [1.54, 1.807) is 24.3 Å². The first-order valence-corrected chi connectivity index (χ1v) is 9.00. The van der Waals surface area contributed by atoms with E-state index in [1.165, 1.54) is 7.11 Å². The first-order chi connectivity index (χ1) is 13.1. The number of thiol groups is 1. The number of hydrogen-bond donors (Lipinski definition) is 1. The van der Waals surface area contributed by atoms with Crippen molar-refractivity contribution >= 4 is 18.6 Å². The van der Waals surface area contributed by atoms with Crippen molar-refractivity contribution in [1.29, 1.82) is 0 Å². The van der Waals surface area contributed by atoms with Crippen LogP contribution in [-0.2, 0) is 4.74 Å². The van der Waals surface area contributed by atoms with E-state index in [9.17, 15) is 4.79 Å². The molecule has 0 aliphatic rings. The number of ether oxygens (including phenoxy) is 2. The first-order valence-electron chi connectivity index (χ1n) is 8.48. The smallest absolute Gasteiger partial charge is 0.337 e. The monoisotopic (exact) mass is 384 g/mol. The molecule has 0 aliphatic carbocycles. The predicted octanol–water partition coefficient (Wildman–Crippen LogP) is 4.35. The van der Waals surface area contributed by atoms with Gasteiger partial charge in [-0.1, -0.05) is 18.2 Å². The van der Waals surface area contributed by atoms with E-state index in [-0.39, 0.29) is 11.4 Å². The molecule has 0 saturated carbocycles. The fourth-order valence-electron chi connectivity index (χ4n) is 2.55. The highest BCUT2D eigenvalue weighted by atomic mass is 32.1. The van der Waals surface area contributed by atoms with E-state index in [1.807, 2.05) is 37.3 Å². The summed E-state index contributed by atoms with van der Waals surface area (Å²) in [5.74, 6) is 1.21. The van der Waals surface area contributed by atoms with Gasteiger partial charge in [-0.15, -0.1) is 10.2 Å². The summed E-state index contributed by atoms with van der Waals surface area (Å²) in [6, 6.07) is 16.4. The molecule has 1 heterocycles. The third kappa shape index (κ3) is 4.89. The predicted molar refractivity (Wildman–Crippen MR) is 104 cm³/mol. The molecule has 3 rings (SSSR count). The number of esters is 1. The summed E-state index contributed by atoms with van der Waals surface area (Å²) in [6.07, 6.45) is 0.547. The lowest BCUT2D eigenvalue weighted by atomic mass is 10.1. The van der Waals surface area contributed by atoms with Gasteiger partial charge in [0.05, 0.1) is 24.0 Å². The lowest BCUT2D eigenvalue weighted by molar-refractivity contribution is 0.0600. The van der Waals surface area contributed by atoms with Crippen LogP contribution in [0, 0.1) is 0 Å². The number of rotatable bonds is 7. The Kier molecular flexibility index (Phi) is 6.13. The number of carbonyl (C=O) groups is 1. The average Bonchev–Trinajstić information content (AvgIpc) is 3.18. The fraction of sp³-hybridized carbons (Fsp3) is 0.250. The molecule has 0 N–H and O–H groups in total. The summed E-state index contributed by atoms with van der Waals surface area (Å²) < 4.78 is 16.3. The topological polar surface area (TPSA) is 74.5 Å². The van der Waals surface area contributed by atoms with Crippen molar-refractivity contribution in [3.05, 3.63) is 66.1 Å². The van der Waals surface area contributed by atoms with Gasteiger partial charge in [-0.05, 0) is 43.3 Å². The highest BCUT2D eigenvalue weighted by Gasteiger charge is 2.19. The normalized spacial score (nSPS) is 13.0. The third-order valence-electron chi connectivity index (χ3n) is 3.91. The van der Waals surface area contributed by atoms with Crippen LogP contribution in [0.2, 0.25) is 0 Å². The summed E-state index contributed by atoms with van der Waals surface area (Å²) in [5, 5.41) is 7.91. The molecule has 1 aromatic heterocycles. The van der Waals surface area contributed by atoms with Crippen LogP contribution in [0.4, 0.5) is 0 Å². The number of hydrogen-bond acceptors (Lipinski definition) is 7. The standard InChI is InChI=1S/C20H20N2O4S/c1-13(25-16-6-4-3-5-7-16)12-17(27)19-22-21-18(26-19)14-8-10-15(11-9-14)20(23)24-2/h3-11,13,17,27H,12H2,1-2H3. The minimum Gasteiger partial charge on any atom is -0.491 e. The molecule has 27 heavy (non-hydrogen) atoms. The van der Waals surface area contributed by atoms with Gasteiger partial charge >= 0.3 is 5.97 Å². The molecule has 0 bridgehead atoms. The van der Waals surface area contributed by atoms with Crippen LogP contribution >= 0.6 is 12.6 Å². The lowest BCUT2D eigenvalue weighted by Gasteiger charge is -2.16. The largest absolute Gasteiger partial charge is 0.491 e. The Morgan fingerprint density at radius 2 is 1.81 bits per heavy atom. The molecule has 3 aromatic rings. The Morgan fingerprint density at radius 1 is 1.11 bits per heavy atom. The number of carbonyl (C=O) groups excluding carboxylic acids is 1. The highest BCUT2D eigenvalue weighted by molar-refractivity contribution is 7.80. The van der Waals surface area contributed by atoms with Crippen LogP contribution in [0.25, 0.3) is 11.5 Å². The molecule has 2 atom stereocenters. The van der Waals surface area contributed by atoms with Gasteiger partial charge in [-0.2, -0.15) is 12.6 Å². The van der Waals surface area contributed by atoms with Gasteiger partial charge in [0.25, 0.3) is 0 Å². The Bertz CT molecular complexity index is 881. The summed E-state index contributed by atoms with van der Waals surface area (Å²) in [5.41, 5.74) is 1.18. The Hall–Kier alpha value is -2.80. The van der Waals surface area contributed by atoms with Crippen molar-refractivity contribution in [1.82, 2.24) is 10.2 Å². The summed E-state index contributed by atoms with van der Waals surface area (Å²) in [6.45, 7) is 1.97. The van der Waals surface area contributed by atoms with Gasteiger partial charge in [0, 0.05) is 12.0 Å². The maximum absolute atomic E-state index is 11.5. The molecule has 0 spiro atoms.